The van der Waals surface area contributed by atoms with E-state index >= 15 is 0 Å². The van der Waals surface area contributed by atoms with Crippen molar-refractivity contribution in [3.05, 3.63) is 42.1 Å². The largest absolute Gasteiger partial charge is 0.311 e. The van der Waals surface area contributed by atoms with E-state index in [1.165, 1.54) is 23.8 Å². The first-order valence-corrected chi connectivity index (χ1v) is 6.89. The van der Waals surface area contributed by atoms with E-state index in [1.807, 2.05) is 6.20 Å². The minimum Gasteiger partial charge on any atom is -0.311 e. The second-order valence-electron chi connectivity index (χ2n) is 5.34. The van der Waals surface area contributed by atoms with Crippen LogP contribution in [0, 0.1) is 0 Å². The maximum absolute atomic E-state index is 4.46. The number of hydrogen-bond acceptors (Lipinski definition) is 2. The van der Waals surface area contributed by atoms with Crippen LogP contribution < -0.4 is 5.32 Å². The van der Waals surface area contributed by atoms with Crippen molar-refractivity contribution in [1.82, 2.24) is 10.3 Å². The van der Waals surface area contributed by atoms with Gasteiger partial charge in [0.25, 0.3) is 0 Å². The summed E-state index contributed by atoms with van der Waals surface area (Å²) in [6, 6.07) is 11.9. The van der Waals surface area contributed by atoms with Crippen LogP contribution in [0.1, 0.15) is 38.2 Å². The van der Waals surface area contributed by atoms with Gasteiger partial charge in [-0.15, -0.1) is 0 Å². The molecule has 3 atom stereocenters. The summed E-state index contributed by atoms with van der Waals surface area (Å²) in [5, 5.41) is 5.02. The van der Waals surface area contributed by atoms with Gasteiger partial charge in [0.1, 0.15) is 0 Å². The first-order chi connectivity index (χ1) is 8.79. The van der Waals surface area contributed by atoms with Crippen LogP contribution in [0.2, 0.25) is 0 Å². The first kappa shape index (κ1) is 11.7. The predicted molar refractivity (Wildman–Crippen MR) is 75.8 cm³/mol. The van der Waals surface area contributed by atoms with E-state index in [1.54, 1.807) is 0 Å². The van der Waals surface area contributed by atoms with Gasteiger partial charge in [0.2, 0.25) is 0 Å². The Balaban J connectivity index is 2.08. The molecule has 0 saturated carbocycles. The van der Waals surface area contributed by atoms with Crippen LogP contribution in [-0.4, -0.2) is 17.1 Å². The molecular formula is C16H20N2. The number of para-hydroxylation sites is 1. The maximum atomic E-state index is 4.46. The zero-order valence-corrected chi connectivity index (χ0v) is 11.1. The molecule has 0 spiro atoms. The second kappa shape index (κ2) is 4.69. The number of rotatable bonds is 2. The molecule has 2 nitrogen and oxygen atoms in total. The molecule has 18 heavy (non-hydrogen) atoms. The average Bonchev–Trinajstić information content (AvgIpc) is 2.79. The highest BCUT2D eigenvalue weighted by atomic mass is 15.0. The molecule has 0 aliphatic carbocycles. The third kappa shape index (κ3) is 1.91. The fourth-order valence-electron chi connectivity index (χ4n) is 3.28. The minimum absolute atomic E-state index is 0.603. The summed E-state index contributed by atoms with van der Waals surface area (Å²) >= 11 is 0. The standard InChI is InChI=1S/C16H20N2/c1-3-15-14(10-11(2)18-15)12-8-9-17-16-7-5-4-6-13(12)16/h4-9,11,14-15,18H,3,10H2,1-2H3. The topological polar surface area (TPSA) is 24.9 Å². The van der Waals surface area contributed by atoms with E-state index in [4.69, 9.17) is 0 Å². The van der Waals surface area contributed by atoms with Crippen molar-refractivity contribution in [3.8, 4) is 0 Å². The SMILES string of the molecule is CCC1NC(C)CC1c1ccnc2ccccc12. The smallest absolute Gasteiger partial charge is 0.0704 e. The van der Waals surface area contributed by atoms with E-state index in [-0.39, 0.29) is 0 Å². The normalized spacial score (nSPS) is 27.8. The number of aromatic nitrogens is 1. The lowest BCUT2D eigenvalue weighted by Gasteiger charge is -2.19. The van der Waals surface area contributed by atoms with Crippen LogP contribution in [0.15, 0.2) is 36.5 Å². The fourth-order valence-corrected chi connectivity index (χ4v) is 3.28. The molecule has 3 unspecified atom stereocenters. The van der Waals surface area contributed by atoms with Crippen LogP contribution >= 0.6 is 0 Å². The summed E-state index contributed by atoms with van der Waals surface area (Å²) < 4.78 is 0. The van der Waals surface area contributed by atoms with Gasteiger partial charge in [-0.25, -0.2) is 0 Å². The van der Waals surface area contributed by atoms with Crippen molar-refractivity contribution in [1.29, 1.82) is 0 Å². The number of nitrogens with zero attached hydrogens (tertiary/aromatic N) is 1. The van der Waals surface area contributed by atoms with Crippen LogP contribution in [0.3, 0.4) is 0 Å². The first-order valence-electron chi connectivity index (χ1n) is 6.89. The molecule has 1 saturated heterocycles. The van der Waals surface area contributed by atoms with Crippen molar-refractivity contribution in [3.63, 3.8) is 0 Å². The number of hydrogen-bond donors (Lipinski definition) is 1. The lowest BCUT2D eigenvalue weighted by molar-refractivity contribution is 0.518. The third-order valence-electron chi connectivity index (χ3n) is 4.11. The van der Waals surface area contributed by atoms with Crippen molar-refractivity contribution in [2.45, 2.75) is 44.7 Å². The average molecular weight is 240 g/mol. The van der Waals surface area contributed by atoms with Crippen LogP contribution in [-0.2, 0) is 0 Å². The molecule has 0 radical (unpaired) electrons. The quantitative estimate of drug-likeness (QED) is 0.869. The number of fused-ring (bicyclic) bond motifs is 1. The molecular weight excluding hydrogens is 220 g/mol. The summed E-state index contributed by atoms with van der Waals surface area (Å²) in [5.74, 6) is 0.623. The lowest BCUT2D eigenvalue weighted by Crippen LogP contribution is -2.28. The van der Waals surface area contributed by atoms with Crippen LogP contribution in [0.25, 0.3) is 10.9 Å². The van der Waals surface area contributed by atoms with Crippen molar-refractivity contribution < 1.29 is 0 Å². The molecule has 1 aromatic heterocycles. The highest BCUT2D eigenvalue weighted by molar-refractivity contribution is 5.82. The Labute approximate surface area is 108 Å². The van der Waals surface area contributed by atoms with E-state index < -0.39 is 0 Å². The molecule has 2 heteroatoms. The van der Waals surface area contributed by atoms with Crippen molar-refractivity contribution >= 4 is 10.9 Å². The summed E-state index contributed by atoms with van der Waals surface area (Å²) in [5.41, 5.74) is 2.58. The second-order valence-corrected chi connectivity index (χ2v) is 5.34. The van der Waals surface area contributed by atoms with Gasteiger partial charge in [-0.1, -0.05) is 25.1 Å². The number of benzene rings is 1. The van der Waals surface area contributed by atoms with E-state index in [0.717, 1.165) is 5.52 Å². The third-order valence-corrected chi connectivity index (χ3v) is 4.11. The molecule has 2 heterocycles. The van der Waals surface area contributed by atoms with E-state index in [0.29, 0.717) is 18.0 Å². The maximum Gasteiger partial charge on any atom is 0.0704 e. The Morgan fingerprint density at radius 1 is 1.28 bits per heavy atom. The molecule has 1 fully saturated rings. The Hall–Kier alpha value is -1.41. The van der Waals surface area contributed by atoms with Gasteiger partial charge in [-0.3, -0.25) is 4.98 Å². The molecule has 1 aliphatic heterocycles. The molecule has 94 valence electrons. The van der Waals surface area contributed by atoms with Gasteiger partial charge in [-0.05, 0) is 37.5 Å². The molecule has 3 rings (SSSR count). The Morgan fingerprint density at radius 3 is 2.94 bits per heavy atom. The Kier molecular flexibility index (Phi) is 3.04. The van der Waals surface area contributed by atoms with Gasteiger partial charge in [0.15, 0.2) is 0 Å². The lowest BCUT2D eigenvalue weighted by atomic mass is 9.88. The van der Waals surface area contributed by atoms with Crippen molar-refractivity contribution in [2.24, 2.45) is 0 Å². The summed E-state index contributed by atoms with van der Waals surface area (Å²) in [6.45, 7) is 4.55. The summed E-state index contributed by atoms with van der Waals surface area (Å²) in [4.78, 5) is 4.46. The van der Waals surface area contributed by atoms with E-state index in [9.17, 15) is 0 Å². The van der Waals surface area contributed by atoms with Crippen LogP contribution in [0.4, 0.5) is 0 Å². The number of pyridine rings is 1. The van der Waals surface area contributed by atoms with Gasteiger partial charge < -0.3 is 5.32 Å². The highest BCUT2D eigenvalue weighted by Gasteiger charge is 2.31. The Morgan fingerprint density at radius 2 is 2.11 bits per heavy atom. The Bertz CT molecular complexity index is 544. The molecule has 0 amide bonds. The molecule has 1 aliphatic rings. The summed E-state index contributed by atoms with van der Waals surface area (Å²) in [6.07, 6.45) is 4.37. The van der Waals surface area contributed by atoms with Gasteiger partial charge in [-0.2, -0.15) is 0 Å². The van der Waals surface area contributed by atoms with E-state index in [2.05, 4.69) is 54.5 Å². The number of nitrogens with one attached hydrogen (secondary N) is 1. The highest BCUT2D eigenvalue weighted by Crippen LogP contribution is 2.35. The van der Waals surface area contributed by atoms with Crippen LogP contribution in [0.5, 0.6) is 0 Å². The van der Waals surface area contributed by atoms with Crippen molar-refractivity contribution in [2.75, 3.05) is 0 Å². The predicted octanol–water partition coefficient (Wildman–Crippen LogP) is 3.48. The van der Waals surface area contributed by atoms with Gasteiger partial charge in [0.05, 0.1) is 5.52 Å². The molecule has 1 N–H and O–H groups in total. The monoisotopic (exact) mass is 240 g/mol. The molecule has 2 aromatic rings. The molecule has 0 bridgehead atoms. The zero-order chi connectivity index (χ0) is 12.5. The van der Waals surface area contributed by atoms with Gasteiger partial charge in [0, 0.05) is 29.6 Å². The van der Waals surface area contributed by atoms with Gasteiger partial charge >= 0.3 is 0 Å². The fraction of sp³-hybridized carbons (Fsp3) is 0.438. The minimum atomic E-state index is 0.603. The molecule has 1 aromatic carbocycles. The summed E-state index contributed by atoms with van der Waals surface area (Å²) in [7, 11) is 0. The zero-order valence-electron chi connectivity index (χ0n) is 11.1.